The number of hydrogen-bond donors (Lipinski definition) is 1. The number of Topliss-reactive ketones (excluding diaryl/α,β-unsaturated/α-hetero) is 1. The molecule has 0 bridgehead atoms. The van der Waals surface area contributed by atoms with E-state index in [0.29, 0.717) is 11.3 Å². The summed E-state index contributed by atoms with van der Waals surface area (Å²) in [7, 11) is -2.63. The molecule has 0 heterocycles. The van der Waals surface area contributed by atoms with Gasteiger partial charge in [0, 0.05) is 18.2 Å². The van der Waals surface area contributed by atoms with Crippen LogP contribution in [-0.2, 0) is 10.0 Å². The summed E-state index contributed by atoms with van der Waals surface area (Å²) in [6.45, 7) is 1.43. The summed E-state index contributed by atoms with van der Waals surface area (Å²) in [5.41, 5.74) is 1.12. The Bertz CT molecular complexity index is 1190. The van der Waals surface area contributed by atoms with Crippen molar-refractivity contribution < 1.29 is 22.4 Å². The van der Waals surface area contributed by atoms with Gasteiger partial charge in [-0.2, -0.15) is 0 Å². The standard InChI is InChI=1S/C22H19FN2O4S/c1-15(26)16-9-13-19(14-10-16)25(2)30(28,29)21-6-4-3-5-20(21)24-22(27)17-7-11-18(23)12-8-17/h3-14H,1-2H3,(H,24,27). The average molecular weight is 426 g/mol. The van der Waals surface area contributed by atoms with E-state index < -0.39 is 21.7 Å². The highest BCUT2D eigenvalue weighted by Gasteiger charge is 2.25. The maximum atomic E-state index is 13.2. The van der Waals surface area contributed by atoms with E-state index in [1.54, 1.807) is 24.3 Å². The minimum Gasteiger partial charge on any atom is -0.321 e. The lowest BCUT2D eigenvalue weighted by molar-refractivity contribution is 0.101. The highest BCUT2D eigenvalue weighted by atomic mass is 32.2. The molecule has 0 saturated heterocycles. The number of benzene rings is 3. The summed E-state index contributed by atoms with van der Waals surface area (Å²) in [5, 5.41) is 2.57. The van der Waals surface area contributed by atoms with Gasteiger partial charge in [0.1, 0.15) is 10.7 Å². The first-order valence-corrected chi connectivity index (χ1v) is 10.4. The van der Waals surface area contributed by atoms with Gasteiger partial charge in [-0.25, -0.2) is 12.8 Å². The number of hydrogen-bond acceptors (Lipinski definition) is 4. The monoisotopic (exact) mass is 426 g/mol. The summed E-state index contributed by atoms with van der Waals surface area (Å²) in [4.78, 5) is 23.8. The zero-order chi connectivity index (χ0) is 21.9. The molecule has 1 N–H and O–H groups in total. The zero-order valence-corrected chi connectivity index (χ0v) is 17.1. The maximum absolute atomic E-state index is 13.2. The fourth-order valence-corrected chi connectivity index (χ4v) is 4.12. The van der Waals surface area contributed by atoms with E-state index in [0.717, 1.165) is 16.4 Å². The molecule has 0 aromatic heterocycles. The first kappa shape index (κ1) is 21.2. The van der Waals surface area contributed by atoms with E-state index in [9.17, 15) is 22.4 Å². The van der Waals surface area contributed by atoms with Crippen LogP contribution in [0.4, 0.5) is 15.8 Å². The Hall–Kier alpha value is -3.52. The van der Waals surface area contributed by atoms with Gasteiger partial charge in [-0.15, -0.1) is 0 Å². The molecule has 3 rings (SSSR count). The third-order valence-corrected chi connectivity index (χ3v) is 6.36. The molecule has 0 unspecified atom stereocenters. The molecule has 0 aliphatic heterocycles. The summed E-state index contributed by atoms with van der Waals surface area (Å²) in [6.07, 6.45) is 0. The van der Waals surface area contributed by atoms with E-state index in [4.69, 9.17) is 0 Å². The second kappa shape index (κ2) is 8.46. The number of amides is 1. The lowest BCUT2D eigenvalue weighted by Crippen LogP contribution is -2.28. The smallest absolute Gasteiger partial charge is 0.266 e. The van der Waals surface area contributed by atoms with Gasteiger partial charge in [-0.3, -0.25) is 13.9 Å². The molecule has 0 radical (unpaired) electrons. The second-order valence-electron chi connectivity index (χ2n) is 6.53. The van der Waals surface area contributed by atoms with Crippen LogP contribution in [0.1, 0.15) is 27.6 Å². The Labute approximate surface area is 174 Å². The second-order valence-corrected chi connectivity index (χ2v) is 8.47. The molecule has 6 nitrogen and oxygen atoms in total. The van der Waals surface area contributed by atoms with Crippen molar-refractivity contribution in [2.24, 2.45) is 0 Å². The number of halogens is 1. The molecule has 30 heavy (non-hydrogen) atoms. The van der Waals surface area contributed by atoms with Crippen LogP contribution in [-0.4, -0.2) is 27.2 Å². The van der Waals surface area contributed by atoms with Gasteiger partial charge >= 0.3 is 0 Å². The Balaban J connectivity index is 1.92. The zero-order valence-electron chi connectivity index (χ0n) is 16.3. The number of nitrogens with one attached hydrogen (secondary N) is 1. The fourth-order valence-electron chi connectivity index (χ4n) is 2.78. The minimum absolute atomic E-state index is 0.0963. The summed E-state index contributed by atoms with van der Waals surface area (Å²) in [5.74, 6) is -1.17. The van der Waals surface area contributed by atoms with Crippen LogP contribution in [0.25, 0.3) is 0 Å². The van der Waals surface area contributed by atoms with Gasteiger partial charge in [-0.05, 0) is 67.6 Å². The number of carbonyl (C=O) groups is 2. The van der Waals surface area contributed by atoms with Gasteiger partial charge in [0.05, 0.1) is 11.4 Å². The molecule has 3 aromatic carbocycles. The first-order valence-electron chi connectivity index (χ1n) is 8.96. The molecule has 0 atom stereocenters. The summed E-state index contributed by atoms with van der Waals surface area (Å²) < 4.78 is 40.5. The van der Waals surface area contributed by atoms with Gasteiger partial charge < -0.3 is 5.32 Å². The van der Waals surface area contributed by atoms with E-state index >= 15 is 0 Å². The average Bonchev–Trinajstić information content (AvgIpc) is 2.74. The van der Waals surface area contributed by atoms with Crippen LogP contribution in [0.15, 0.2) is 77.7 Å². The van der Waals surface area contributed by atoms with Crippen LogP contribution in [0.5, 0.6) is 0 Å². The molecule has 0 saturated carbocycles. The normalized spacial score (nSPS) is 11.0. The number of sulfonamides is 1. The number of anilines is 2. The predicted octanol–water partition coefficient (Wildman–Crippen LogP) is 4.11. The van der Waals surface area contributed by atoms with Crippen molar-refractivity contribution in [2.75, 3.05) is 16.7 Å². The first-order chi connectivity index (χ1) is 14.2. The molecule has 3 aromatic rings. The van der Waals surface area contributed by atoms with Gasteiger partial charge in [-0.1, -0.05) is 12.1 Å². The number of carbonyl (C=O) groups excluding carboxylic acids is 2. The van der Waals surface area contributed by atoms with Gasteiger partial charge in [0.25, 0.3) is 15.9 Å². The fraction of sp³-hybridized carbons (Fsp3) is 0.0909. The molecule has 0 spiro atoms. The van der Waals surface area contributed by atoms with Crippen LogP contribution < -0.4 is 9.62 Å². The quantitative estimate of drug-likeness (QED) is 0.602. The van der Waals surface area contributed by atoms with Crippen LogP contribution in [0.2, 0.25) is 0 Å². The summed E-state index contributed by atoms with van der Waals surface area (Å²) >= 11 is 0. The van der Waals surface area contributed by atoms with Crippen LogP contribution in [0, 0.1) is 5.82 Å². The molecule has 0 fully saturated rings. The van der Waals surface area contributed by atoms with Crippen molar-refractivity contribution in [2.45, 2.75) is 11.8 Å². The topological polar surface area (TPSA) is 83.6 Å². The maximum Gasteiger partial charge on any atom is 0.266 e. The highest BCUT2D eigenvalue weighted by molar-refractivity contribution is 7.93. The van der Waals surface area contributed by atoms with Crippen LogP contribution >= 0.6 is 0 Å². The molecular weight excluding hydrogens is 407 g/mol. The van der Waals surface area contributed by atoms with Gasteiger partial charge in [0.2, 0.25) is 0 Å². The Morgan fingerprint density at radius 2 is 1.43 bits per heavy atom. The Kier molecular flexibility index (Phi) is 5.98. The van der Waals surface area contributed by atoms with Crippen molar-refractivity contribution >= 4 is 33.1 Å². The van der Waals surface area contributed by atoms with Crippen LogP contribution in [0.3, 0.4) is 0 Å². The van der Waals surface area contributed by atoms with E-state index in [-0.39, 0.29) is 21.9 Å². The molecule has 1 amide bonds. The third kappa shape index (κ3) is 4.38. The number of para-hydroxylation sites is 1. The largest absolute Gasteiger partial charge is 0.321 e. The lowest BCUT2D eigenvalue weighted by atomic mass is 10.1. The van der Waals surface area contributed by atoms with Crippen molar-refractivity contribution in [3.8, 4) is 0 Å². The highest BCUT2D eigenvalue weighted by Crippen LogP contribution is 2.28. The van der Waals surface area contributed by atoms with Crippen molar-refractivity contribution in [1.82, 2.24) is 0 Å². The molecule has 0 aliphatic rings. The van der Waals surface area contributed by atoms with E-state index in [1.165, 1.54) is 50.4 Å². The minimum atomic E-state index is -4.02. The van der Waals surface area contributed by atoms with E-state index in [2.05, 4.69) is 5.32 Å². The molecular formula is C22H19FN2O4S. The van der Waals surface area contributed by atoms with Crippen molar-refractivity contribution in [1.29, 1.82) is 0 Å². The van der Waals surface area contributed by atoms with E-state index in [1.807, 2.05) is 0 Å². The Morgan fingerprint density at radius 1 is 0.867 bits per heavy atom. The number of ketones is 1. The molecule has 0 aliphatic carbocycles. The molecule has 8 heteroatoms. The third-order valence-electron chi connectivity index (χ3n) is 4.52. The van der Waals surface area contributed by atoms with Crippen molar-refractivity contribution in [3.05, 3.63) is 89.7 Å². The van der Waals surface area contributed by atoms with Crippen molar-refractivity contribution in [3.63, 3.8) is 0 Å². The summed E-state index contributed by atoms with van der Waals surface area (Å²) in [6, 6.07) is 17.1. The SMILES string of the molecule is CC(=O)c1ccc(N(C)S(=O)(=O)c2ccccc2NC(=O)c2ccc(F)cc2)cc1. The Morgan fingerprint density at radius 3 is 2.03 bits per heavy atom. The lowest BCUT2D eigenvalue weighted by Gasteiger charge is -2.21. The molecule has 154 valence electrons. The number of nitrogens with zero attached hydrogens (tertiary/aromatic N) is 1. The van der Waals surface area contributed by atoms with Gasteiger partial charge in [0.15, 0.2) is 5.78 Å². The number of rotatable bonds is 6. The predicted molar refractivity (Wildman–Crippen MR) is 113 cm³/mol.